The van der Waals surface area contributed by atoms with E-state index in [4.69, 9.17) is 9.47 Å². The van der Waals surface area contributed by atoms with Crippen molar-refractivity contribution in [2.75, 3.05) is 7.11 Å². The van der Waals surface area contributed by atoms with Crippen LogP contribution < -0.4 is 10.1 Å². The first kappa shape index (κ1) is 22.5. The average molecular weight is 399 g/mol. The first-order valence-corrected chi connectivity index (χ1v) is 9.23. The van der Waals surface area contributed by atoms with E-state index in [-0.39, 0.29) is 17.7 Å². The molecule has 0 radical (unpaired) electrons. The summed E-state index contributed by atoms with van der Waals surface area (Å²) in [7, 11) is -0.392. The first-order valence-electron chi connectivity index (χ1n) is 9.23. The van der Waals surface area contributed by atoms with Gasteiger partial charge in [0.1, 0.15) is 16.9 Å². The highest BCUT2D eigenvalue weighted by Crippen LogP contribution is 2.27. The number of hydrogen-bond acceptors (Lipinski definition) is 6. The third kappa shape index (κ3) is 6.34. The summed E-state index contributed by atoms with van der Waals surface area (Å²) in [5, 5.41) is 22.2. The predicted molar refractivity (Wildman–Crippen MR) is 110 cm³/mol. The molecular weight excluding hydrogens is 373 g/mol. The second-order valence-electron chi connectivity index (χ2n) is 7.56. The summed E-state index contributed by atoms with van der Waals surface area (Å²) >= 11 is 0. The molecule has 154 valence electrons. The lowest BCUT2D eigenvalue weighted by atomic mass is 9.75. The molecule has 3 N–H and O–H groups in total. The standard InChI is InChI=1S/C21H26BNO6/c1-21(2,3)29-20(25)16-12-8-11-15(18(16)28-4)13-17(22(26)27)23-19(24)14-9-6-5-7-10-14/h5-12,17,26-27H,13H2,1-4H3,(H,23,24)/t17-/m0/s1. The minimum atomic E-state index is -1.81. The van der Waals surface area contributed by atoms with Crippen molar-refractivity contribution < 1.29 is 29.1 Å². The predicted octanol–water partition coefficient (Wildman–Crippen LogP) is 2.00. The van der Waals surface area contributed by atoms with Crippen molar-refractivity contribution in [3.63, 3.8) is 0 Å². The molecule has 7 nitrogen and oxygen atoms in total. The quantitative estimate of drug-likeness (QED) is 0.486. The third-order valence-corrected chi connectivity index (χ3v) is 4.07. The zero-order valence-corrected chi connectivity index (χ0v) is 17.0. The van der Waals surface area contributed by atoms with Crippen LogP contribution in [0.1, 0.15) is 47.1 Å². The molecular formula is C21H26BNO6. The number of methoxy groups -OCH3 is 1. The van der Waals surface area contributed by atoms with Crippen LogP contribution in [-0.4, -0.2) is 47.7 Å². The van der Waals surface area contributed by atoms with Gasteiger partial charge in [-0.3, -0.25) is 4.79 Å². The number of nitrogens with one attached hydrogen (secondary N) is 1. The van der Waals surface area contributed by atoms with Crippen molar-refractivity contribution >= 4 is 19.0 Å². The van der Waals surface area contributed by atoms with Crippen LogP contribution in [0.3, 0.4) is 0 Å². The van der Waals surface area contributed by atoms with Crippen LogP contribution in [-0.2, 0) is 11.2 Å². The van der Waals surface area contributed by atoms with Gasteiger partial charge in [0.15, 0.2) is 0 Å². The molecule has 0 fully saturated rings. The Morgan fingerprint density at radius 3 is 2.28 bits per heavy atom. The van der Waals surface area contributed by atoms with Gasteiger partial charge in [0.2, 0.25) is 0 Å². The molecule has 0 saturated heterocycles. The van der Waals surface area contributed by atoms with E-state index >= 15 is 0 Å². The van der Waals surface area contributed by atoms with Crippen molar-refractivity contribution in [3.8, 4) is 5.75 Å². The Hall–Kier alpha value is -2.84. The Kier molecular flexibility index (Phi) is 7.42. The van der Waals surface area contributed by atoms with Gasteiger partial charge in [-0.05, 0) is 51.0 Å². The lowest BCUT2D eigenvalue weighted by Gasteiger charge is -2.22. The van der Waals surface area contributed by atoms with Crippen LogP contribution in [0.2, 0.25) is 0 Å². The summed E-state index contributed by atoms with van der Waals surface area (Å²) in [5.41, 5.74) is 0.474. The minimum Gasteiger partial charge on any atom is -0.496 e. The zero-order valence-electron chi connectivity index (χ0n) is 17.0. The molecule has 0 unspecified atom stereocenters. The van der Waals surface area contributed by atoms with Gasteiger partial charge in [-0.25, -0.2) is 4.79 Å². The second kappa shape index (κ2) is 9.58. The van der Waals surface area contributed by atoms with E-state index in [1.165, 1.54) is 7.11 Å². The number of carbonyl (C=O) groups excluding carboxylic acids is 2. The highest BCUT2D eigenvalue weighted by Gasteiger charge is 2.29. The highest BCUT2D eigenvalue weighted by atomic mass is 16.6. The Morgan fingerprint density at radius 2 is 1.72 bits per heavy atom. The summed E-state index contributed by atoms with van der Waals surface area (Å²) in [4.78, 5) is 24.9. The van der Waals surface area contributed by atoms with Crippen molar-refractivity contribution in [2.24, 2.45) is 0 Å². The number of benzene rings is 2. The molecule has 0 bridgehead atoms. The first-order chi connectivity index (χ1) is 13.6. The van der Waals surface area contributed by atoms with Crippen LogP contribution in [0.15, 0.2) is 48.5 Å². The molecule has 0 aromatic heterocycles. The molecule has 0 aliphatic heterocycles. The summed E-state index contributed by atoms with van der Waals surface area (Å²) in [6.45, 7) is 5.29. The lowest BCUT2D eigenvalue weighted by Crippen LogP contribution is -2.48. The fourth-order valence-electron chi connectivity index (χ4n) is 2.79. The summed E-state index contributed by atoms with van der Waals surface area (Å²) in [6.07, 6.45) is 0.0377. The molecule has 29 heavy (non-hydrogen) atoms. The number of amides is 1. The molecule has 2 rings (SSSR count). The van der Waals surface area contributed by atoms with Gasteiger partial charge < -0.3 is 24.8 Å². The van der Waals surface area contributed by atoms with Crippen LogP contribution in [0, 0.1) is 0 Å². The van der Waals surface area contributed by atoms with Gasteiger partial charge in [0, 0.05) is 5.56 Å². The Bertz CT molecular complexity index is 848. The van der Waals surface area contributed by atoms with Gasteiger partial charge in [-0.15, -0.1) is 0 Å². The fraction of sp³-hybridized carbons (Fsp3) is 0.333. The third-order valence-electron chi connectivity index (χ3n) is 4.07. The second-order valence-corrected chi connectivity index (χ2v) is 7.56. The molecule has 0 aliphatic carbocycles. The molecule has 8 heteroatoms. The number of rotatable bonds is 7. The number of esters is 1. The van der Waals surface area contributed by atoms with Crippen LogP contribution in [0.25, 0.3) is 0 Å². The van der Waals surface area contributed by atoms with E-state index in [2.05, 4.69) is 5.32 Å². The van der Waals surface area contributed by atoms with Gasteiger partial charge in [-0.2, -0.15) is 0 Å². The normalized spacial score (nSPS) is 12.1. The van der Waals surface area contributed by atoms with Crippen LogP contribution in [0.4, 0.5) is 0 Å². The minimum absolute atomic E-state index is 0.0377. The summed E-state index contributed by atoms with van der Waals surface area (Å²) in [6, 6.07) is 13.4. The molecule has 0 spiro atoms. The van der Waals surface area contributed by atoms with E-state index in [1.54, 1.807) is 69.3 Å². The molecule has 1 atom stereocenters. The van der Waals surface area contributed by atoms with E-state index < -0.39 is 30.5 Å². The SMILES string of the molecule is COc1c(C[C@H](NC(=O)c2ccccc2)B(O)O)cccc1C(=O)OC(C)(C)C. The van der Waals surface area contributed by atoms with Gasteiger partial charge in [-0.1, -0.05) is 30.3 Å². The Morgan fingerprint density at radius 1 is 1.07 bits per heavy atom. The molecule has 2 aromatic rings. The monoisotopic (exact) mass is 399 g/mol. The number of hydrogen-bond donors (Lipinski definition) is 3. The van der Waals surface area contributed by atoms with E-state index in [9.17, 15) is 19.6 Å². The molecule has 1 amide bonds. The van der Waals surface area contributed by atoms with Gasteiger partial charge in [0.05, 0.1) is 13.1 Å². The van der Waals surface area contributed by atoms with Gasteiger partial charge >= 0.3 is 13.1 Å². The molecule has 0 saturated carbocycles. The maximum Gasteiger partial charge on any atom is 0.475 e. The number of carbonyl (C=O) groups is 2. The molecule has 2 aromatic carbocycles. The Labute approximate surface area is 170 Å². The summed E-state index contributed by atoms with van der Waals surface area (Å²) in [5.74, 6) is -1.73. The average Bonchev–Trinajstić information content (AvgIpc) is 2.66. The van der Waals surface area contributed by atoms with Crippen LogP contribution >= 0.6 is 0 Å². The van der Waals surface area contributed by atoms with E-state index in [0.29, 0.717) is 11.1 Å². The van der Waals surface area contributed by atoms with E-state index in [1.807, 2.05) is 0 Å². The Balaban J connectivity index is 2.26. The maximum atomic E-state index is 12.5. The topological polar surface area (TPSA) is 105 Å². The number of para-hydroxylation sites is 1. The lowest BCUT2D eigenvalue weighted by molar-refractivity contribution is 0.00661. The van der Waals surface area contributed by atoms with Crippen LogP contribution in [0.5, 0.6) is 5.75 Å². The smallest absolute Gasteiger partial charge is 0.475 e. The van der Waals surface area contributed by atoms with Crippen molar-refractivity contribution in [3.05, 3.63) is 65.2 Å². The van der Waals surface area contributed by atoms with E-state index in [0.717, 1.165) is 0 Å². The van der Waals surface area contributed by atoms with Crippen molar-refractivity contribution in [1.29, 1.82) is 0 Å². The maximum absolute atomic E-state index is 12.5. The number of ether oxygens (including phenoxy) is 2. The molecule has 0 aliphatic rings. The fourth-order valence-corrected chi connectivity index (χ4v) is 2.79. The van der Waals surface area contributed by atoms with Gasteiger partial charge in [0.25, 0.3) is 5.91 Å². The molecule has 0 heterocycles. The highest BCUT2D eigenvalue weighted by molar-refractivity contribution is 6.43. The largest absolute Gasteiger partial charge is 0.496 e. The summed E-state index contributed by atoms with van der Waals surface area (Å²) < 4.78 is 10.8. The van der Waals surface area contributed by atoms with Crippen molar-refractivity contribution in [1.82, 2.24) is 5.32 Å². The zero-order chi connectivity index (χ0) is 21.6. The van der Waals surface area contributed by atoms with Crippen molar-refractivity contribution in [2.45, 2.75) is 38.7 Å².